The second kappa shape index (κ2) is 50.2. The van der Waals surface area contributed by atoms with Crippen LogP contribution in [0.1, 0.15) is 76.6 Å². The van der Waals surface area contributed by atoms with Crippen LogP contribution in [0.4, 0.5) is 22.7 Å². The van der Waals surface area contributed by atoms with E-state index in [2.05, 4.69) is 135 Å². The lowest BCUT2D eigenvalue weighted by molar-refractivity contribution is -0.136. The zero-order valence-electron chi connectivity index (χ0n) is 68.2. The van der Waals surface area contributed by atoms with E-state index >= 15 is 0 Å². The van der Waals surface area contributed by atoms with Crippen LogP contribution >= 0.6 is 43.6 Å². The summed E-state index contributed by atoms with van der Waals surface area (Å²) in [5, 5.41) is 82.1. The molecule has 29 heteroatoms. The van der Waals surface area contributed by atoms with Crippen molar-refractivity contribution in [1.29, 1.82) is 0 Å². The minimum absolute atomic E-state index is 0. The van der Waals surface area contributed by atoms with Crippen LogP contribution in [-0.4, -0.2) is 143 Å². The Balaban J connectivity index is 0.000000297. The Labute approximate surface area is 713 Å². The number of hydrogen-bond acceptors (Lipinski definition) is 20. The molecule has 1 fully saturated rings. The molecule has 2 amide bonds. The maximum Gasteiger partial charge on any atom is 0.488 e. The number of rotatable bonds is 19. The Morgan fingerprint density at radius 1 is 0.479 bits per heavy atom. The smallest absolute Gasteiger partial charge is 0.488 e. The lowest BCUT2D eigenvalue weighted by atomic mass is 9.80. The SMILES string of the molecule is C1CCOC1.CC(C)(C)[Si](C)(C)Oc1cccc(CC(=O)Nc2cncc(Br)c2)c1.CC(C)(C)[Si](C)(C)Oc1cccc(CC(=O)O)c1.CSC.Nc1cncc(Br)c1.O=C(Cc1cccc(O)c1)Nc1cncc(-c2cccc(O)c2)c1.OB(O)c1cccc(O)c1.Oc1cccc(CCNc2cncc(-c3cccc(O)c3)c2)c1.[B]. The fraction of sp³-hybridized carbons (Fsp3) is 0.261. The number of benzene rings is 7. The van der Waals surface area contributed by atoms with Crippen LogP contribution < -0.4 is 36.0 Å². The molecule has 22 nitrogen and oxygen atoms in total. The third-order valence-corrected chi connectivity index (χ3v) is 27.2. The summed E-state index contributed by atoms with van der Waals surface area (Å²) >= 11 is 8.32. The standard InChI is InChI=1S/C19H25BrN2O2Si.C19H16N2O3.C19H18N2O2.C14H22O3Si.C6H7BO3.C5H5BrN2.C4H8O.C2H6S.B/c1-19(2,3)25(4,5)24-17-8-6-7-14(9-17)10-18(23)22-16-11-15(20)12-21-13-16;22-17-5-1-3-13(7-17)8-19(24)21-16-9-15(11-20-12-16)14-4-2-6-18(23)10-14;22-18-5-1-3-14(9-18)7-8-21-17-10-16(12-20-13-17)15-4-2-6-19(23)11-15;1-14(2,3)18(4,5)17-12-8-6-7-11(9-12)10-13(15)16;8-6-3-1-2-5(4-6)7(9)10;6-4-1-5(7)3-8-2-4;1-2-4-5-3-1;1-3-2;/h6-9,11-13H,10H2,1-5H3,(H,22,23);1-7,9-12,22-23H,8H2,(H,21,24);1-6,9-13,21-23H,7-8H2;6-9H,10H2,1-5H3,(H,15,16);1-4,8-10H;1-3H,7H2;1-4H2;1-2H3;. The van der Waals surface area contributed by atoms with Crippen molar-refractivity contribution in [2.24, 2.45) is 0 Å². The van der Waals surface area contributed by atoms with Crippen molar-refractivity contribution < 1.29 is 68.7 Å². The largest absolute Gasteiger partial charge is 0.543 e. The Morgan fingerprint density at radius 3 is 1.25 bits per heavy atom. The second-order valence-electron chi connectivity index (χ2n) is 29.6. The molecule has 0 aliphatic carbocycles. The Morgan fingerprint density at radius 2 is 0.855 bits per heavy atom. The van der Waals surface area contributed by atoms with Gasteiger partial charge in [-0.2, -0.15) is 11.8 Å². The van der Waals surface area contributed by atoms with Gasteiger partial charge in [0.25, 0.3) is 0 Å². The number of thioether (sulfide) groups is 1. The number of nitrogens with zero attached hydrogens (tertiary/aromatic N) is 4. The molecule has 4 aromatic heterocycles. The van der Waals surface area contributed by atoms with Crippen LogP contribution in [0.3, 0.4) is 0 Å². The van der Waals surface area contributed by atoms with Crippen LogP contribution in [0.5, 0.6) is 40.2 Å². The molecule has 11 aromatic rings. The predicted octanol–water partition coefficient (Wildman–Crippen LogP) is 18.2. The summed E-state index contributed by atoms with van der Waals surface area (Å²) in [6.45, 7) is 24.7. The Hall–Kier alpha value is -10.5. The van der Waals surface area contributed by atoms with Crippen LogP contribution in [0, 0.1) is 0 Å². The number of carboxylic acid groups (broad SMARTS) is 1. The highest BCUT2D eigenvalue weighted by atomic mass is 79.9. The van der Waals surface area contributed by atoms with Crippen molar-refractivity contribution in [3.63, 3.8) is 0 Å². The van der Waals surface area contributed by atoms with Gasteiger partial charge in [0, 0.05) is 85.4 Å². The number of aromatic hydroxyl groups is 5. The van der Waals surface area contributed by atoms with Crippen molar-refractivity contribution in [2.75, 3.05) is 54.0 Å². The third-order valence-electron chi connectivity index (χ3n) is 17.6. The van der Waals surface area contributed by atoms with E-state index in [9.17, 15) is 34.8 Å². The number of ether oxygens (including phenoxy) is 1. The fourth-order valence-electron chi connectivity index (χ4n) is 9.85. The minimum atomic E-state index is -1.89. The average molecular weight is 1770 g/mol. The zero-order chi connectivity index (χ0) is 85.4. The predicted molar refractivity (Wildman–Crippen MR) is 487 cm³/mol. The summed E-state index contributed by atoms with van der Waals surface area (Å²) in [6.07, 6.45) is 21.3. The first kappa shape index (κ1) is 98.9. The van der Waals surface area contributed by atoms with Crippen molar-refractivity contribution in [3.05, 3.63) is 275 Å². The number of nitrogens with two attached hydrogens (primary N) is 1. The van der Waals surface area contributed by atoms with E-state index in [1.807, 2.05) is 104 Å². The molecule has 13 N–H and O–H groups in total. The summed E-state index contributed by atoms with van der Waals surface area (Å²) in [5.41, 5.74) is 15.5. The van der Waals surface area contributed by atoms with Crippen molar-refractivity contribution >= 4 is 122 Å². The fourth-order valence-corrected chi connectivity index (χ4v) is 12.6. The average Bonchev–Trinajstić information content (AvgIpc) is 1.10. The minimum Gasteiger partial charge on any atom is -0.543 e. The first-order valence-corrected chi connectivity index (χ1v) is 46.2. The summed E-state index contributed by atoms with van der Waals surface area (Å²) in [4.78, 5) is 51.3. The van der Waals surface area contributed by atoms with E-state index in [-0.39, 0.29) is 71.9 Å². The number of carboxylic acids is 1. The molecular weight excluding hydrogens is 1660 g/mol. The van der Waals surface area contributed by atoms with Gasteiger partial charge in [0.2, 0.25) is 28.4 Å². The number of pyridine rings is 4. The Bertz CT molecular complexity index is 4850. The first-order chi connectivity index (χ1) is 54.9. The zero-order valence-corrected chi connectivity index (χ0v) is 74.2. The number of aromatic nitrogens is 4. The van der Waals surface area contributed by atoms with E-state index in [1.165, 1.54) is 31.0 Å². The Kier molecular flexibility index (Phi) is 42.4. The lowest BCUT2D eigenvalue weighted by Crippen LogP contribution is -2.43. The highest BCUT2D eigenvalue weighted by Gasteiger charge is 2.40. The number of phenols is 5. The molecular formula is C88H107B2Br2N8O14SSi2. The van der Waals surface area contributed by atoms with E-state index in [0.29, 0.717) is 28.9 Å². The van der Waals surface area contributed by atoms with E-state index in [1.54, 1.807) is 146 Å². The quantitative estimate of drug-likeness (QED) is 0.0335. The summed E-state index contributed by atoms with van der Waals surface area (Å²) in [5.74, 6) is 1.38. The topological polar surface area (TPSA) is 354 Å². The van der Waals surface area contributed by atoms with Gasteiger partial charge in [-0.3, -0.25) is 34.3 Å². The van der Waals surface area contributed by atoms with Crippen LogP contribution in [-0.2, 0) is 44.8 Å². The van der Waals surface area contributed by atoms with Gasteiger partial charge < -0.3 is 76.0 Å². The highest BCUT2D eigenvalue weighted by Crippen LogP contribution is 2.39. The number of phenolic OH excluding ortho intramolecular Hbond substituents is 5. The molecule has 117 heavy (non-hydrogen) atoms. The van der Waals surface area contributed by atoms with Gasteiger partial charge in [0.15, 0.2) is 0 Å². The van der Waals surface area contributed by atoms with E-state index < -0.39 is 29.7 Å². The molecule has 3 radical (unpaired) electrons. The molecule has 0 unspecified atom stereocenters. The first-order valence-electron chi connectivity index (χ1n) is 37.1. The van der Waals surface area contributed by atoms with E-state index in [4.69, 9.17) is 39.6 Å². The summed E-state index contributed by atoms with van der Waals surface area (Å²) < 4.78 is 19.1. The highest BCUT2D eigenvalue weighted by molar-refractivity contribution is 9.10. The molecule has 12 rings (SSSR count). The van der Waals surface area contributed by atoms with Gasteiger partial charge in [0.1, 0.15) is 40.2 Å². The van der Waals surface area contributed by atoms with E-state index in [0.717, 1.165) is 96.8 Å². The van der Waals surface area contributed by atoms with Crippen LogP contribution in [0.2, 0.25) is 36.3 Å². The third kappa shape index (κ3) is 38.9. The normalized spacial score (nSPS) is 11.2. The number of amides is 2. The molecule has 1 saturated heterocycles. The molecule has 1 aliphatic rings. The second-order valence-corrected chi connectivity index (χ2v) is 41.7. The number of nitrogen functional groups attached to an aromatic ring is 1. The maximum atomic E-state index is 12.3. The van der Waals surface area contributed by atoms with Crippen molar-refractivity contribution in [1.82, 2.24) is 19.9 Å². The van der Waals surface area contributed by atoms with Crippen LogP contribution in [0.15, 0.2) is 253 Å². The maximum absolute atomic E-state index is 12.3. The number of hydrogen-bond donors (Lipinski definition) is 12. The lowest BCUT2D eigenvalue weighted by Gasteiger charge is -2.36. The van der Waals surface area contributed by atoms with Gasteiger partial charge in [-0.05, 0) is 248 Å². The molecule has 617 valence electrons. The number of nitrogens with one attached hydrogen (secondary N) is 3. The van der Waals surface area contributed by atoms with Gasteiger partial charge in [0.05, 0.1) is 54.4 Å². The van der Waals surface area contributed by atoms with Gasteiger partial charge in [-0.25, -0.2) is 0 Å². The van der Waals surface area contributed by atoms with Crippen molar-refractivity contribution in [3.8, 4) is 62.5 Å². The van der Waals surface area contributed by atoms with Gasteiger partial charge in [-0.15, -0.1) is 0 Å². The molecule has 1 aliphatic heterocycles. The number of anilines is 4. The molecule has 0 atom stereocenters. The van der Waals surface area contributed by atoms with Crippen LogP contribution in [0.25, 0.3) is 22.3 Å². The molecule has 0 saturated carbocycles. The molecule has 7 aromatic carbocycles. The summed E-state index contributed by atoms with van der Waals surface area (Å²) in [6, 6.07) is 56.2. The number of halogens is 2. The number of aliphatic carboxylic acids is 1. The summed E-state index contributed by atoms with van der Waals surface area (Å²) in [7, 11) is -5.25. The number of carbonyl (C=O) groups is 3. The molecule has 0 bridgehead atoms. The number of carbonyl (C=O) groups excluding carboxylic acids is 2. The monoisotopic (exact) mass is 1770 g/mol. The van der Waals surface area contributed by atoms with Gasteiger partial charge >= 0.3 is 13.1 Å². The molecule has 0 spiro atoms. The molecule has 5 heterocycles. The van der Waals surface area contributed by atoms with Gasteiger partial charge in [-0.1, -0.05) is 126 Å². The van der Waals surface area contributed by atoms with Crippen molar-refractivity contribution in [2.45, 2.75) is 116 Å².